The predicted octanol–water partition coefficient (Wildman–Crippen LogP) is 0.888. The van der Waals surface area contributed by atoms with Crippen LogP contribution in [0.5, 0.6) is 0 Å². The van der Waals surface area contributed by atoms with Crippen molar-refractivity contribution in [3.05, 3.63) is 23.5 Å². The maximum atomic E-state index is 13.3. The van der Waals surface area contributed by atoms with Crippen molar-refractivity contribution in [2.24, 2.45) is 0 Å². The van der Waals surface area contributed by atoms with Gasteiger partial charge in [0.15, 0.2) is 0 Å². The summed E-state index contributed by atoms with van der Waals surface area (Å²) < 4.78 is 13.3. The molecule has 0 saturated carbocycles. The molecule has 0 saturated heterocycles. The number of anilines is 2. The molecule has 1 heterocycles. The van der Waals surface area contributed by atoms with Crippen molar-refractivity contribution in [2.45, 2.75) is 0 Å². The summed E-state index contributed by atoms with van der Waals surface area (Å²) in [6.07, 6.45) is 0. The van der Waals surface area contributed by atoms with Gasteiger partial charge in [0.2, 0.25) is 5.91 Å². The highest BCUT2D eigenvalue weighted by molar-refractivity contribution is 6.02. The average Bonchev–Trinajstić information content (AvgIpc) is 2.16. The summed E-state index contributed by atoms with van der Waals surface area (Å²) >= 11 is 0. The van der Waals surface area contributed by atoms with Gasteiger partial charge >= 0.3 is 5.97 Å². The summed E-state index contributed by atoms with van der Waals surface area (Å²) in [5, 5.41) is 13.6. The molecule has 0 aromatic heterocycles. The number of benzene rings is 1. The van der Waals surface area contributed by atoms with E-state index in [0.717, 1.165) is 6.07 Å². The largest absolute Gasteiger partial charge is 0.478 e. The number of carbonyl (C=O) groups excluding carboxylic acids is 1. The monoisotopic (exact) mass is 210 g/mol. The van der Waals surface area contributed by atoms with Crippen molar-refractivity contribution in [3.63, 3.8) is 0 Å². The van der Waals surface area contributed by atoms with E-state index in [0.29, 0.717) is 0 Å². The van der Waals surface area contributed by atoms with E-state index in [2.05, 4.69) is 10.6 Å². The Morgan fingerprint density at radius 3 is 2.87 bits per heavy atom. The second-order valence-electron chi connectivity index (χ2n) is 3.09. The Balaban J connectivity index is 2.53. The number of rotatable bonds is 1. The molecule has 1 amide bonds. The lowest BCUT2D eigenvalue weighted by Gasteiger charge is -2.19. The summed E-state index contributed by atoms with van der Waals surface area (Å²) in [7, 11) is 0. The van der Waals surface area contributed by atoms with E-state index in [9.17, 15) is 14.0 Å². The minimum atomic E-state index is -1.24. The lowest BCUT2D eigenvalue weighted by Crippen LogP contribution is -2.28. The minimum absolute atomic E-state index is 0.0175. The summed E-state index contributed by atoms with van der Waals surface area (Å²) in [4.78, 5) is 21.6. The third kappa shape index (κ3) is 1.61. The highest BCUT2D eigenvalue weighted by atomic mass is 19.1. The van der Waals surface area contributed by atoms with Crippen LogP contribution in [0.1, 0.15) is 10.4 Å². The zero-order chi connectivity index (χ0) is 11.0. The molecule has 0 spiro atoms. The number of carbonyl (C=O) groups is 2. The molecule has 1 aliphatic rings. The highest BCUT2D eigenvalue weighted by Gasteiger charge is 2.20. The first-order valence-corrected chi connectivity index (χ1v) is 4.18. The van der Waals surface area contributed by atoms with E-state index >= 15 is 0 Å². The average molecular weight is 210 g/mol. The number of fused-ring (bicyclic) bond motifs is 1. The van der Waals surface area contributed by atoms with Crippen LogP contribution in [0, 0.1) is 5.82 Å². The number of amides is 1. The van der Waals surface area contributed by atoms with Gasteiger partial charge in [-0.1, -0.05) is 0 Å². The molecule has 3 N–H and O–H groups in total. The van der Waals surface area contributed by atoms with Gasteiger partial charge in [-0.3, -0.25) is 4.79 Å². The van der Waals surface area contributed by atoms with Crippen molar-refractivity contribution < 1.29 is 19.1 Å². The van der Waals surface area contributed by atoms with Crippen LogP contribution in [0.2, 0.25) is 0 Å². The van der Waals surface area contributed by atoms with E-state index in [1.165, 1.54) is 6.07 Å². The molecule has 5 nitrogen and oxygen atoms in total. The quantitative estimate of drug-likeness (QED) is 0.643. The van der Waals surface area contributed by atoms with Crippen LogP contribution in [-0.2, 0) is 4.79 Å². The second kappa shape index (κ2) is 3.23. The molecule has 0 radical (unpaired) electrons. The summed E-state index contributed by atoms with van der Waals surface area (Å²) in [5.41, 5.74) is 0.0819. The van der Waals surface area contributed by atoms with Gasteiger partial charge < -0.3 is 15.7 Å². The van der Waals surface area contributed by atoms with Crippen LogP contribution in [0.25, 0.3) is 0 Å². The lowest BCUT2D eigenvalue weighted by molar-refractivity contribution is -0.114. The van der Waals surface area contributed by atoms with E-state index in [-0.39, 0.29) is 29.4 Å². The van der Waals surface area contributed by atoms with Crippen molar-refractivity contribution in [1.82, 2.24) is 0 Å². The molecule has 6 heteroatoms. The van der Waals surface area contributed by atoms with Crippen molar-refractivity contribution >= 4 is 23.3 Å². The number of halogens is 1. The van der Waals surface area contributed by atoms with Gasteiger partial charge in [-0.2, -0.15) is 0 Å². The Labute approximate surface area is 83.9 Å². The Kier molecular flexibility index (Phi) is 2.03. The topological polar surface area (TPSA) is 78.4 Å². The van der Waals surface area contributed by atoms with Gasteiger partial charge in [-0.05, 0) is 12.1 Å². The third-order valence-electron chi connectivity index (χ3n) is 2.04. The molecule has 2 rings (SSSR count). The van der Waals surface area contributed by atoms with E-state index in [1.54, 1.807) is 0 Å². The van der Waals surface area contributed by atoms with Gasteiger partial charge in [0.1, 0.15) is 5.82 Å². The number of carboxylic acid groups (broad SMARTS) is 1. The van der Waals surface area contributed by atoms with E-state index in [1.807, 2.05) is 0 Å². The number of hydrogen-bond donors (Lipinski definition) is 3. The first-order valence-electron chi connectivity index (χ1n) is 4.18. The normalized spacial score (nSPS) is 13.8. The number of aromatic carboxylic acids is 1. The van der Waals surface area contributed by atoms with E-state index < -0.39 is 11.8 Å². The van der Waals surface area contributed by atoms with Crippen molar-refractivity contribution in [2.75, 3.05) is 17.2 Å². The fraction of sp³-hybridized carbons (Fsp3) is 0.111. The van der Waals surface area contributed by atoms with Crippen LogP contribution in [0.3, 0.4) is 0 Å². The molecule has 1 aromatic rings. The predicted molar refractivity (Wildman–Crippen MR) is 50.5 cm³/mol. The van der Waals surface area contributed by atoms with Crippen molar-refractivity contribution in [1.29, 1.82) is 0 Å². The molecule has 0 atom stereocenters. The molecule has 0 unspecified atom stereocenters. The molecule has 1 aromatic carbocycles. The molecule has 15 heavy (non-hydrogen) atoms. The standard InChI is InChI=1S/C9H7FN2O3/c10-5-1-4(9(14)15)2-6-8(5)11-3-7(13)12-6/h1-2,11H,3H2,(H,12,13)(H,14,15). The third-order valence-corrected chi connectivity index (χ3v) is 2.04. The fourth-order valence-corrected chi connectivity index (χ4v) is 1.37. The van der Waals surface area contributed by atoms with Gasteiger partial charge in [0.25, 0.3) is 0 Å². The summed E-state index contributed by atoms with van der Waals surface area (Å²) in [6, 6.07) is 2.12. The first-order chi connectivity index (χ1) is 7.08. The number of nitrogens with one attached hydrogen (secondary N) is 2. The van der Waals surface area contributed by atoms with Crippen LogP contribution in [-0.4, -0.2) is 23.5 Å². The van der Waals surface area contributed by atoms with E-state index in [4.69, 9.17) is 5.11 Å². The number of carboxylic acids is 1. The Bertz CT molecular complexity index is 459. The van der Waals surface area contributed by atoms with Crippen LogP contribution in [0.15, 0.2) is 12.1 Å². The molecule has 78 valence electrons. The van der Waals surface area contributed by atoms with Crippen LogP contribution < -0.4 is 10.6 Å². The first kappa shape index (κ1) is 9.45. The molecule has 0 aliphatic carbocycles. The molecular formula is C9H7FN2O3. The fourth-order valence-electron chi connectivity index (χ4n) is 1.37. The molecular weight excluding hydrogens is 203 g/mol. The summed E-state index contributed by atoms with van der Waals surface area (Å²) in [6.45, 7) is -0.0175. The zero-order valence-electron chi connectivity index (χ0n) is 7.50. The van der Waals surface area contributed by atoms with Gasteiger partial charge in [-0.15, -0.1) is 0 Å². The van der Waals surface area contributed by atoms with Gasteiger partial charge in [-0.25, -0.2) is 9.18 Å². The lowest BCUT2D eigenvalue weighted by atomic mass is 10.1. The Morgan fingerprint density at radius 2 is 2.20 bits per heavy atom. The maximum Gasteiger partial charge on any atom is 0.335 e. The van der Waals surface area contributed by atoms with Crippen LogP contribution >= 0.6 is 0 Å². The highest BCUT2D eigenvalue weighted by Crippen LogP contribution is 2.29. The van der Waals surface area contributed by atoms with Gasteiger partial charge in [0, 0.05) is 0 Å². The molecule has 1 aliphatic heterocycles. The van der Waals surface area contributed by atoms with Crippen molar-refractivity contribution in [3.8, 4) is 0 Å². The van der Waals surface area contributed by atoms with Crippen LogP contribution in [0.4, 0.5) is 15.8 Å². The molecule has 0 fully saturated rings. The van der Waals surface area contributed by atoms with Gasteiger partial charge in [0.05, 0.1) is 23.5 Å². The SMILES string of the molecule is O=C1CNc2c(F)cc(C(=O)O)cc2N1. The number of hydrogen-bond acceptors (Lipinski definition) is 3. The smallest absolute Gasteiger partial charge is 0.335 e. The Morgan fingerprint density at radius 1 is 1.47 bits per heavy atom. The Hall–Kier alpha value is -2.11. The maximum absolute atomic E-state index is 13.3. The second-order valence-corrected chi connectivity index (χ2v) is 3.09. The zero-order valence-corrected chi connectivity index (χ0v) is 7.50. The summed E-state index contributed by atoms with van der Waals surface area (Å²) in [5.74, 6) is -2.26. The molecule has 0 bridgehead atoms. The minimum Gasteiger partial charge on any atom is -0.478 e.